The van der Waals surface area contributed by atoms with E-state index < -0.39 is 11.7 Å². The fourth-order valence-electron chi connectivity index (χ4n) is 3.13. The van der Waals surface area contributed by atoms with Crippen molar-refractivity contribution in [1.29, 1.82) is 0 Å². The van der Waals surface area contributed by atoms with E-state index in [1.807, 2.05) is 19.1 Å². The van der Waals surface area contributed by atoms with E-state index in [0.29, 0.717) is 18.8 Å². The van der Waals surface area contributed by atoms with Gasteiger partial charge in [-0.15, -0.1) is 0 Å². The molecule has 0 aliphatic carbocycles. The highest BCUT2D eigenvalue weighted by atomic mass is 19.4. The summed E-state index contributed by atoms with van der Waals surface area (Å²) >= 11 is 0. The summed E-state index contributed by atoms with van der Waals surface area (Å²) in [6.45, 7) is 3.12. The van der Waals surface area contributed by atoms with Gasteiger partial charge < -0.3 is 10.6 Å². The molecule has 1 aliphatic rings. The zero-order chi connectivity index (χ0) is 18.7. The van der Waals surface area contributed by atoms with E-state index >= 15 is 0 Å². The Morgan fingerprint density at radius 2 is 1.92 bits per heavy atom. The first kappa shape index (κ1) is 18.4. The molecule has 138 valence electrons. The molecule has 1 aromatic carbocycles. The maximum atomic E-state index is 12.7. The number of hydrogen-bond acceptors (Lipinski definition) is 3. The van der Waals surface area contributed by atoms with Crippen LogP contribution in [0, 0.1) is 6.92 Å². The SMILES string of the molecule is Cc1ccc(CC(=O)N[C@H]2CNC[C@@H]2c2ccc(C(F)(F)F)cc2)nc1. The van der Waals surface area contributed by atoms with Crippen molar-refractivity contribution in [3.63, 3.8) is 0 Å². The van der Waals surface area contributed by atoms with Crippen LogP contribution in [-0.4, -0.2) is 30.0 Å². The van der Waals surface area contributed by atoms with Crippen LogP contribution in [0.2, 0.25) is 0 Å². The molecule has 2 heterocycles. The number of amides is 1. The second-order valence-electron chi connectivity index (χ2n) is 6.56. The quantitative estimate of drug-likeness (QED) is 0.878. The average molecular weight is 363 g/mol. The molecule has 2 aromatic rings. The van der Waals surface area contributed by atoms with E-state index in [0.717, 1.165) is 23.3 Å². The van der Waals surface area contributed by atoms with Crippen LogP contribution in [0.25, 0.3) is 0 Å². The lowest BCUT2D eigenvalue weighted by atomic mass is 9.93. The molecule has 1 amide bonds. The van der Waals surface area contributed by atoms with Crippen LogP contribution < -0.4 is 10.6 Å². The summed E-state index contributed by atoms with van der Waals surface area (Å²) in [7, 11) is 0. The van der Waals surface area contributed by atoms with Gasteiger partial charge in [0, 0.05) is 36.9 Å². The van der Waals surface area contributed by atoms with Gasteiger partial charge in [0.05, 0.1) is 12.0 Å². The molecule has 26 heavy (non-hydrogen) atoms. The minimum absolute atomic E-state index is 0.0628. The van der Waals surface area contributed by atoms with Gasteiger partial charge in [0.25, 0.3) is 0 Å². The Morgan fingerprint density at radius 3 is 2.54 bits per heavy atom. The topological polar surface area (TPSA) is 54.0 Å². The van der Waals surface area contributed by atoms with Crippen molar-refractivity contribution in [1.82, 2.24) is 15.6 Å². The zero-order valence-electron chi connectivity index (χ0n) is 14.3. The van der Waals surface area contributed by atoms with Crippen LogP contribution in [0.15, 0.2) is 42.6 Å². The Hall–Kier alpha value is -2.41. The fourth-order valence-corrected chi connectivity index (χ4v) is 3.13. The average Bonchev–Trinajstić information content (AvgIpc) is 3.04. The van der Waals surface area contributed by atoms with Gasteiger partial charge in [-0.1, -0.05) is 18.2 Å². The van der Waals surface area contributed by atoms with Crippen LogP contribution in [-0.2, 0) is 17.4 Å². The van der Waals surface area contributed by atoms with E-state index in [1.165, 1.54) is 12.1 Å². The maximum absolute atomic E-state index is 12.7. The lowest BCUT2D eigenvalue weighted by Crippen LogP contribution is -2.40. The third kappa shape index (κ3) is 4.40. The molecule has 0 spiro atoms. The highest BCUT2D eigenvalue weighted by Crippen LogP contribution is 2.31. The molecule has 4 nitrogen and oxygen atoms in total. The molecule has 0 saturated carbocycles. The van der Waals surface area contributed by atoms with Crippen molar-refractivity contribution >= 4 is 5.91 Å². The Balaban J connectivity index is 1.64. The molecule has 0 bridgehead atoms. The third-order valence-corrected chi connectivity index (χ3v) is 4.54. The molecule has 1 aliphatic heterocycles. The molecule has 0 unspecified atom stereocenters. The highest BCUT2D eigenvalue weighted by Gasteiger charge is 2.32. The summed E-state index contributed by atoms with van der Waals surface area (Å²) < 4.78 is 38.1. The van der Waals surface area contributed by atoms with Crippen molar-refractivity contribution in [2.75, 3.05) is 13.1 Å². The number of aryl methyl sites for hydroxylation is 1. The second kappa shape index (κ2) is 7.45. The number of carbonyl (C=O) groups excluding carboxylic acids is 1. The Labute approximate surface area is 149 Å². The molecule has 2 atom stereocenters. The Kier molecular flexibility index (Phi) is 5.27. The molecule has 0 radical (unpaired) electrons. The molecule has 1 saturated heterocycles. The number of halogens is 3. The summed E-state index contributed by atoms with van der Waals surface area (Å²) in [6, 6.07) is 8.70. The van der Waals surface area contributed by atoms with Gasteiger partial charge in [-0.3, -0.25) is 9.78 Å². The summed E-state index contributed by atoms with van der Waals surface area (Å²) in [4.78, 5) is 16.5. The summed E-state index contributed by atoms with van der Waals surface area (Å²) in [5, 5.41) is 6.16. The van der Waals surface area contributed by atoms with Gasteiger partial charge in [-0.25, -0.2) is 0 Å². The summed E-state index contributed by atoms with van der Waals surface area (Å²) in [6.07, 6.45) is -2.46. The molecular formula is C19H20F3N3O. The van der Waals surface area contributed by atoms with Gasteiger partial charge in [-0.05, 0) is 36.2 Å². The van der Waals surface area contributed by atoms with E-state index in [-0.39, 0.29) is 24.3 Å². The number of nitrogens with zero attached hydrogens (tertiary/aromatic N) is 1. The van der Waals surface area contributed by atoms with Gasteiger partial charge >= 0.3 is 6.18 Å². The number of benzene rings is 1. The second-order valence-corrected chi connectivity index (χ2v) is 6.56. The number of nitrogens with one attached hydrogen (secondary N) is 2. The first-order chi connectivity index (χ1) is 12.3. The van der Waals surface area contributed by atoms with Gasteiger partial charge in [0.1, 0.15) is 0 Å². The van der Waals surface area contributed by atoms with E-state index in [2.05, 4.69) is 15.6 Å². The summed E-state index contributed by atoms with van der Waals surface area (Å²) in [5.41, 5.74) is 1.82. The Morgan fingerprint density at radius 1 is 1.19 bits per heavy atom. The van der Waals surface area contributed by atoms with Crippen molar-refractivity contribution in [2.45, 2.75) is 31.5 Å². The van der Waals surface area contributed by atoms with E-state index in [1.54, 1.807) is 6.20 Å². The predicted molar refractivity (Wildman–Crippen MR) is 91.7 cm³/mol. The number of hydrogen-bond donors (Lipinski definition) is 2. The van der Waals surface area contributed by atoms with E-state index in [4.69, 9.17) is 0 Å². The smallest absolute Gasteiger partial charge is 0.351 e. The zero-order valence-corrected chi connectivity index (χ0v) is 14.3. The van der Waals surface area contributed by atoms with Crippen molar-refractivity contribution in [3.8, 4) is 0 Å². The number of rotatable bonds is 4. The van der Waals surface area contributed by atoms with Crippen LogP contribution in [0.1, 0.15) is 28.3 Å². The Bertz CT molecular complexity index is 757. The van der Waals surface area contributed by atoms with Crippen molar-refractivity contribution in [2.24, 2.45) is 0 Å². The van der Waals surface area contributed by atoms with Crippen LogP contribution in [0.5, 0.6) is 0 Å². The van der Waals surface area contributed by atoms with Crippen molar-refractivity contribution < 1.29 is 18.0 Å². The standard InChI is InChI=1S/C19H20F3N3O/c1-12-2-7-15(24-9-12)8-18(26)25-17-11-23-10-16(17)13-3-5-14(6-4-13)19(20,21)22/h2-7,9,16-17,23H,8,10-11H2,1H3,(H,25,26)/t16-,17+/m1/s1. The van der Waals surface area contributed by atoms with Crippen LogP contribution in [0.4, 0.5) is 13.2 Å². The molecule has 7 heteroatoms. The highest BCUT2D eigenvalue weighted by molar-refractivity contribution is 5.78. The molecule has 1 aromatic heterocycles. The number of aromatic nitrogens is 1. The normalized spacial score (nSPS) is 20.2. The predicted octanol–water partition coefficient (Wildman–Crippen LogP) is 2.82. The van der Waals surface area contributed by atoms with Crippen LogP contribution in [0.3, 0.4) is 0 Å². The lowest BCUT2D eigenvalue weighted by molar-refractivity contribution is -0.137. The van der Waals surface area contributed by atoms with Crippen LogP contribution >= 0.6 is 0 Å². The van der Waals surface area contributed by atoms with E-state index in [9.17, 15) is 18.0 Å². The third-order valence-electron chi connectivity index (χ3n) is 4.54. The van der Waals surface area contributed by atoms with Gasteiger partial charge in [0.15, 0.2) is 0 Å². The summed E-state index contributed by atoms with van der Waals surface area (Å²) in [5.74, 6) is -0.209. The molecule has 1 fully saturated rings. The van der Waals surface area contributed by atoms with Gasteiger partial charge in [0.2, 0.25) is 5.91 Å². The lowest BCUT2D eigenvalue weighted by Gasteiger charge is -2.21. The maximum Gasteiger partial charge on any atom is 0.416 e. The first-order valence-electron chi connectivity index (χ1n) is 8.41. The molecule has 3 rings (SSSR count). The number of pyridine rings is 1. The monoisotopic (exact) mass is 363 g/mol. The molecular weight excluding hydrogens is 343 g/mol. The molecule has 2 N–H and O–H groups in total. The largest absolute Gasteiger partial charge is 0.416 e. The minimum Gasteiger partial charge on any atom is -0.351 e. The van der Waals surface area contributed by atoms with Crippen molar-refractivity contribution in [3.05, 3.63) is 65.0 Å². The first-order valence-corrected chi connectivity index (χ1v) is 8.41. The number of carbonyl (C=O) groups is 1. The fraction of sp³-hybridized carbons (Fsp3) is 0.368. The number of alkyl halides is 3. The minimum atomic E-state index is -4.35. The van der Waals surface area contributed by atoms with Gasteiger partial charge in [-0.2, -0.15) is 13.2 Å².